The highest BCUT2D eigenvalue weighted by Crippen LogP contribution is 2.38. The number of fused-ring (bicyclic) bond motifs is 8. The molecule has 228 valence electrons. The van der Waals surface area contributed by atoms with Gasteiger partial charge >= 0.3 is 0 Å². The molecule has 6 heteroatoms. The highest BCUT2D eigenvalue weighted by atomic mass is 14.8. The first-order chi connectivity index (χ1) is 23.8. The van der Waals surface area contributed by atoms with E-state index in [4.69, 9.17) is 9.97 Å². The predicted octanol–water partition coefficient (Wildman–Crippen LogP) is 9.62. The summed E-state index contributed by atoms with van der Waals surface area (Å²) in [6.07, 6.45) is 17.6. The fourth-order valence-electron chi connectivity index (χ4n) is 6.98. The number of aromatic nitrogens is 6. The number of hydrogen-bond donors (Lipinski definition) is 2. The number of nitrogens with one attached hydrogen (secondary N) is 2. The van der Waals surface area contributed by atoms with Gasteiger partial charge in [0.05, 0.1) is 22.8 Å². The maximum Gasteiger partial charge on any atom is 0.0737 e. The normalized spacial score (nSPS) is 12.7. The summed E-state index contributed by atoms with van der Waals surface area (Å²) < 4.78 is 0. The van der Waals surface area contributed by atoms with Crippen LogP contribution in [-0.2, 0) is 12.8 Å². The third-order valence-corrected chi connectivity index (χ3v) is 9.12. The molecule has 4 aromatic heterocycles. The Labute approximate surface area is 278 Å². The lowest BCUT2D eigenvalue weighted by Crippen LogP contribution is -1.92. The van der Waals surface area contributed by atoms with E-state index in [1.165, 1.54) is 0 Å². The Hall–Kier alpha value is -6.40. The predicted molar refractivity (Wildman–Crippen MR) is 195 cm³/mol. The fourth-order valence-corrected chi connectivity index (χ4v) is 6.98. The summed E-state index contributed by atoms with van der Waals surface area (Å²) in [6, 6.07) is 33.6. The number of aryl methyl sites for hydroxylation is 2. The number of hydrogen-bond acceptors (Lipinski definition) is 4. The molecule has 0 unspecified atom stereocenters. The molecule has 0 atom stereocenters. The van der Waals surface area contributed by atoms with Gasteiger partial charge in [-0.15, -0.1) is 0 Å². The number of rotatable bonds is 4. The Morgan fingerprint density at radius 2 is 0.750 bits per heavy atom. The van der Waals surface area contributed by atoms with E-state index in [0.717, 1.165) is 103 Å². The second-order valence-electron chi connectivity index (χ2n) is 12.0. The Morgan fingerprint density at radius 1 is 0.375 bits per heavy atom. The van der Waals surface area contributed by atoms with Crippen LogP contribution in [0.15, 0.2) is 122 Å². The van der Waals surface area contributed by atoms with Crippen LogP contribution in [-0.4, -0.2) is 29.9 Å². The molecule has 3 aliphatic heterocycles. The lowest BCUT2D eigenvalue weighted by atomic mass is 9.99. The van der Waals surface area contributed by atoms with Crippen LogP contribution < -0.4 is 0 Å². The van der Waals surface area contributed by atoms with Crippen molar-refractivity contribution < 1.29 is 0 Å². The molecule has 0 fully saturated rings. The Kier molecular flexibility index (Phi) is 6.82. The fraction of sp³-hybridized carbons (Fsp3) is 0.0476. The summed E-state index contributed by atoms with van der Waals surface area (Å²) in [5.41, 5.74) is 16.5. The summed E-state index contributed by atoms with van der Waals surface area (Å²) in [7, 11) is 0. The minimum Gasteiger partial charge on any atom is -0.361 e. The van der Waals surface area contributed by atoms with Crippen LogP contribution in [0.25, 0.3) is 79.8 Å². The van der Waals surface area contributed by atoms with Gasteiger partial charge in [0.1, 0.15) is 0 Å². The third kappa shape index (κ3) is 4.91. The molecule has 48 heavy (non-hydrogen) atoms. The second-order valence-corrected chi connectivity index (χ2v) is 12.0. The van der Waals surface area contributed by atoms with Crippen molar-refractivity contribution in [1.82, 2.24) is 29.9 Å². The monoisotopic (exact) mass is 618 g/mol. The largest absolute Gasteiger partial charge is 0.361 e. The second kappa shape index (κ2) is 11.8. The number of aromatic amines is 2. The van der Waals surface area contributed by atoms with E-state index in [1.54, 1.807) is 0 Å². The quantitative estimate of drug-likeness (QED) is 0.206. The van der Waals surface area contributed by atoms with Gasteiger partial charge in [-0.05, 0) is 95.8 Å². The van der Waals surface area contributed by atoms with Gasteiger partial charge < -0.3 is 9.97 Å². The molecule has 8 bridgehead atoms. The van der Waals surface area contributed by atoms with Crippen LogP contribution in [0.1, 0.15) is 34.2 Å². The summed E-state index contributed by atoms with van der Waals surface area (Å²) in [5, 5.41) is 0. The van der Waals surface area contributed by atoms with Crippen LogP contribution in [0, 0.1) is 0 Å². The van der Waals surface area contributed by atoms with Crippen molar-refractivity contribution in [2.75, 3.05) is 0 Å². The van der Waals surface area contributed by atoms with Crippen LogP contribution in [0.4, 0.5) is 0 Å². The lowest BCUT2D eigenvalue weighted by Gasteiger charge is -2.08. The minimum absolute atomic E-state index is 0.850. The van der Waals surface area contributed by atoms with E-state index >= 15 is 0 Å². The van der Waals surface area contributed by atoms with Crippen molar-refractivity contribution in [3.8, 4) is 44.5 Å². The van der Waals surface area contributed by atoms with Gasteiger partial charge in [-0.1, -0.05) is 60.7 Å². The highest BCUT2D eigenvalue weighted by Gasteiger charge is 2.22. The number of pyridine rings is 2. The molecule has 0 saturated carbocycles. The number of nitrogens with zero attached hydrogens (tertiary/aromatic N) is 4. The van der Waals surface area contributed by atoms with E-state index in [-0.39, 0.29) is 0 Å². The van der Waals surface area contributed by atoms with Gasteiger partial charge in [-0.2, -0.15) is 0 Å². The molecule has 0 aliphatic carbocycles. The average molecular weight is 619 g/mol. The molecular weight excluding hydrogens is 589 g/mol. The zero-order valence-electron chi connectivity index (χ0n) is 26.1. The summed E-state index contributed by atoms with van der Waals surface area (Å²) >= 11 is 0. The van der Waals surface area contributed by atoms with Crippen molar-refractivity contribution >= 4 is 35.3 Å². The molecular formula is C42H30N6. The molecule has 2 aromatic carbocycles. The average Bonchev–Trinajstić information content (AvgIpc) is 3.98. The van der Waals surface area contributed by atoms with E-state index < -0.39 is 0 Å². The first kappa shape index (κ1) is 27.9. The van der Waals surface area contributed by atoms with Crippen LogP contribution in [0.3, 0.4) is 0 Å². The zero-order valence-corrected chi connectivity index (χ0v) is 26.1. The number of benzene rings is 2. The molecule has 0 saturated heterocycles. The first-order valence-corrected chi connectivity index (χ1v) is 16.2. The smallest absolute Gasteiger partial charge is 0.0737 e. The van der Waals surface area contributed by atoms with E-state index in [1.807, 2.05) is 43.0 Å². The molecule has 0 radical (unpaired) electrons. The molecule has 0 spiro atoms. The van der Waals surface area contributed by atoms with Gasteiger partial charge in [0.2, 0.25) is 0 Å². The first-order valence-electron chi connectivity index (χ1n) is 16.2. The standard InChI is InChI=1S/C42H30N6/c1-3-7-27(8-4-1)39-31-11-15-35(45-31)41(29-19-23-43-24-20-29)37-17-13-33(47-37)40(28-9-5-2-6-10-28)34-14-18-38(48-34)42(30-21-25-44-26-22-30)36-16-12-32(39)46-36/h1-13,15-17,19-26,45,48H,14,18H2. The molecule has 9 rings (SSSR count). The van der Waals surface area contributed by atoms with Crippen LogP contribution >= 0.6 is 0 Å². The lowest BCUT2D eigenvalue weighted by molar-refractivity contribution is 1.02. The molecule has 6 nitrogen and oxygen atoms in total. The number of H-pyrrole nitrogens is 2. The van der Waals surface area contributed by atoms with Gasteiger partial charge in [-0.3, -0.25) is 9.97 Å². The Bertz CT molecular complexity index is 2250. The topological polar surface area (TPSA) is 83.1 Å². The van der Waals surface area contributed by atoms with Gasteiger partial charge in [-0.25, -0.2) is 9.97 Å². The SMILES string of the molecule is C1=Cc2nc1c(-c1ccncc1)c1[nH]c(c(-c3ccccc3)c3nc(c(-c4ccncc4)c4ccc([nH]4)c2-c2ccccc2)C=C3)CC1. The molecule has 6 aromatic rings. The van der Waals surface area contributed by atoms with E-state index in [9.17, 15) is 0 Å². The molecule has 3 aliphatic rings. The van der Waals surface area contributed by atoms with Crippen molar-refractivity contribution in [3.63, 3.8) is 0 Å². The Balaban J connectivity index is 1.47. The zero-order chi connectivity index (χ0) is 31.9. The van der Waals surface area contributed by atoms with Gasteiger partial charge in [0.15, 0.2) is 0 Å². The highest BCUT2D eigenvalue weighted by molar-refractivity contribution is 5.96. The molecule has 0 amide bonds. The maximum absolute atomic E-state index is 5.35. The Morgan fingerprint density at radius 3 is 1.21 bits per heavy atom. The van der Waals surface area contributed by atoms with Crippen molar-refractivity contribution in [2.45, 2.75) is 12.8 Å². The van der Waals surface area contributed by atoms with E-state index in [2.05, 4.69) is 123 Å². The van der Waals surface area contributed by atoms with Crippen molar-refractivity contribution in [3.05, 3.63) is 156 Å². The summed E-state index contributed by atoms with van der Waals surface area (Å²) in [5.74, 6) is 0. The molecule has 7 heterocycles. The maximum atomic E-state index is 5.35. The van der Waals surface area contributed by atoms with Gasteiger partial charge in [0.25, 0.3) is 0 Å². The summed E-state index contributed by atoms with van der Waals surface area (Å²) in [6.45, 7) is 0. The molecule has 2 N–H and O–H groups in total. The van der Waals surface area contributed by atoms with Crippen LogP contribution in [0.2, 0.25) is 0 Å². The minimum atomic E-state index is 0.850. The third-order valence-electron chi connectivity index (χ3n) is 9.12. The van der Waals surface area contributed by atoms with Gasteiger partial charge in [0, 0.05) is 69.5 Å². The van der Waals surface area contributed by atoms with Crippen LogP contribution in [0.5, 0.6) is 0 Å². The van der Waals surface area contributed by atoms with E-state index in [0.29, 0.717) is 0 Å². The van der Waals surface area contributed by atoms with Crippen molar-refractivity contribution in [2.24, 2.45) is 0 Å². The summed E-state index contributed by atoms with van der Waals surface area (Å²) in [4.78, 5) is 27.0. The van der Waals surface area contributed by atoms with Crippen molar-refractivity contribution in [1.29, 1.82) is 0 Å².